The maximum Gasteiger partial charge on any atom is 0.0689 e. The predicted octanol–water partition coefficient (Wildman–Crippen LogP) is -2.77. The first-order valence-electron chi connectivity index (χ1n) is 7.68. The van der Waals surface area contributed by atoms with Crippen molar-refractivity contribution in [1.29, 1.82) is 0 Å². The van der Waals surface area contributed by atoms with Gasteiger partial charge in [0.25, 0.3) is 0 Å². The summed E-state index contributed by atoms with van der Waals surface area (Å²) in [6, 6.07) is 0. The van der Waals surface area contributed by atoms with Crippen molar-refractivity contribution < 1.29 is 32.3 Å². The zero-order chi connectivity index (χ0) is 21.3. The second-order valence-corrected chi connectivity index (χ2v) is 4.42. The van der Waals surface area contributed by atoms with E-state index in [4.69, 9.17) is 46.0 Å². The molecule has 0 aromatic heterocycles. The average Bonchev–Trinajstić information content (AvgIpc) is 2.52. The predicted molar refractivity (Wildman–Crippen MR) is 95.4 cm³/mol. The summed E-state index contributed by atoms with van der Waals surface area (Å²) in [6.07, 6.45) is 0. The Morgan fingerprint density at radius 3 is 0.536 bits per heavy atom. The molecule has 0 atom stereocenters. The molecule has 0 aliphatic carbocycles. The van der Waals surface area contributed by atoms with Gasteiger partial charge in [-0.25, -0.2) is 0 Å². The Hall–Kier alpha value is -2.08. The number of nitrogens with one attached hydrogen (secondary N) is 5. The van der Waals surface area contributed by atoms with Crippen molar-refractivity contribution in [2.75, 3.05) is 65.4 Å². The van der Waals surface area contributed by atoms with Crippen LogP contribution in [0, 0.1) is 46.0 Å². The van der Waals surface area contributed by atoms with Gasteiger partial charge >= 0.3 is 0 Å². The van der Waals surface area contributed by atoms with Gasteiger partial charge in [0.2, 0.25) is 0 Å². The summed E-state index contributed by atoms with van der Waals surface area (Å²) in [7, 11) is 0. The van der Waals surface area contributed by atoms with Crippen molar-refractivity contribution in [1.82, 2.24) is 26.6 Å². The molecule has 0 amide bonds. The Kier molecular flexibility index (Phi) is 35.5. The molecule has 0 bridgehead atoms. The van der Waals surface area contributed by atoms with Gasteiger partial charge in [0.05, 0.1) is 15.3 Å². The number of hydrogen-bond acceptors (Lipinski definition) is 14. The zero-order valence-electron chi connectivity index (χ0n) is 15.0. The van der Waals surface area contributed by atoms with Crippen LogP contribution >= 0.6 is 0 Å². The van der Waals surface area contributed by atoms with Gasteiger partial charge in [-0.2, -0.15) is 0 Å². The fourth-order valence-corrected chi connectivity index (χ4v) is 1.51. The van der Waals surface area contributed by atoms with Gasteiger partial charge in [0.15, 0.2) is 0 Å². The Bertz CT molecular complexity index is 271. The van der Waals surface area contributed by atoms with E-state index in [1.807, 2.05) is 0 Å². The molecule has 1 aliphatic rings. The first-order valence-corrected chi connectivity index (χ1v) is 7.68. The second-order valence-electron chi connectivity index (χ2n) is 4.42. The van der Waals surface area contributed by atoms with Crippen LogP contribution in [-0.2, 0) is 17.1 Å². The molecule has 1 radical (unpaired) electrons. The fourth-order valence-electron chi connectivity index (χ4n) is 1.51. The summed E-state index contributed by atoms with van der Waals surface area (Å²) in [5.41, 5.74) is 0. The van der Waals surface area contributed by atoms with E-state index in [0.717, 1.165) is 65.4 Å². The largest absolute Gasteiger partial charge is 0.356 e. The fraction of sp³-hybridized carbons (Fsp3) is 1.00. The molecule has 1 heterocycles. The summed E-state index contributed by atoms with van der Waals surface area (Å²) >= 11 is 0. The van der Waals surface area contributed by atoms with E-state index in [1.54, 1.807) is 0 Å². The number of hydrogen-bond donors (Lipinski definition) is 5. The molecule has 1 saturated heterocycles. The van der Waals surface area contributed by atoms with Crippen LogP contribution in [0.4, 0.5) is 0 Å². The van der Waals surface area contributed by atoms with Crippen LogP contribution < -0.4 is 26.6 Å². The molecule has 0 saturated carbocycles. The van der Waals surface area contributed by atoms with Crippen LogP contribution in [0.2, 0.25) is 0 Å². The Labute approximate surface area is 171 Å². The third-order valence-corrected chi connectivity index (χ3v) is 2.39. The van der Waals surface area contributed by atoms with Crippen molar-refractivity contribution in [3.05, 3.63) is 46.0 Å². The van der Waals surface area contributed by atoms with Crippen LogP contribution in [0.15, 0.2) is 0 Å². The van der Waals surface area contributed by atoms with E-state index in [9.17, 15) is 0 Å². The maximum atomic E-state index is 8.25. The molecule has 0 unspecified atom stereocenters. The first kappa shape index (κ1) is 33.5. The van der Waals surface area contributed by atoms with Crippen molar-refractivity contribution in [2.24, 2.45) is 0 Å². The maximum absolute atomic E-state index is 8.25. The number of nitrogens with zero attached hydrogens (tertiary/aromatic N) is 3. The van der Waals surface area contributed by atoms with Gasteiger partial charge < -0.3 is 72.5 Å². The van der Waals surface area contributed by atoms with Crippen LogP contribution in [0.3, 0.4) is 0 Å². The molecule has 1 aliphatic heterocycles. The van der Waals surface area contributed by atoms with Gasteiger partial charge in [-0.15, -0.1) is 0 Å². The molecular weight excluding hydrogens is 431 g/mol. The van der Waals surface area contributed by atoms with Crippen molar-refractivity contribution in [3.8, 4) is 0 Å². The van der Waals surface area contributed by atoms with E-state index >= 15 is 0 Å². The van der Waals surface area contributed by atoms with Crippen molar-refractivity contribution in [3.63, 3.8) is 0 Å². The Balaban J connectivity index is -0.000000183. The first-order chi connectivity index (χ1) is 12.7. The summed E-state index contributed by atoms with van der Waals surface area (Å²) in [5, 5.41) is 61.2. The smallest absolute Gasteiger partial charge is 0.0689 e. The molecule has 18 heteroatoms. The van der Waals surface area contributed by atoms with Crippen LogP contribution in [0.5, 0.6) is 0 Å². The zero-order valence-corrected chi connectivity index (χ0v) is 16.1. The SMILES string of the molecule is C1CNCCNCCNCCNCCN1.O=[N+]([O-])[O-].O=[N+]([O-])[O-].O=[N+]([O-])[O-].[Mn]. The molecule has 1 rings (SSSR count). The van der Waals surface area contributed by atoms with E-state index in [1.165, 1.54) is 0 Å². The van der Waals surface area contributed by atoms with Gasteiger partial charge in [-0.1, -0.05) is 0 Å². The van der Waals surface area contributed by atoms with E-state index in [0.29, 0.717) is 0 Å². The standard InChI is InChI=1S/C10H25N5.Mn.3NO3/c1-2-12-5-6-14-9-10-15-8-7-13-4-3-11-1;;3*2-1(3)4/h11-15H,1-10H2;;;;/q;;3*-1. The van der Waals surface area contributed by atoms with Gasteiger partial charge in [-0.05, 0) is 0 Å². The van der Waals surface area contributed by atoms with Gasteiger partial charge in [0, 0.05) is 82.5 Å². The third kappa shape index (κ3) is 75.3. The minimum absolute atomic E-state index is 0. The van der Waals surface area contributed by atoms with Gasteiger partial charge in [0.1, 0.15) is 0 Å². The molecular formula is C10H25MnN8O9-3. The van der Waals surface area contributed by atoms with Gasteiger partial charge in [-0.3, -0.25) is 0 Å². The Morgan fingerprint density at radius 2 is 0.464 bits per heavy atom. The topological polar surface area (TPSA) is 259 Å². The quantitative estimate of drug-likeness (QED) is 0.140. The van der Waals surface area contributed by atoms with E-state index in [2.05, 4.69) is 26.6 Å². The minimum Gasteiger partial charge on any atom is -0.356 e. The molecule has 17 nitrogen and oxygen atoms in total. The minimum atomic E-state index is -1.75. The molecule has 0 spiro atoms. The molecule has 169 valence electrons. The summed E-state index contributed by atoms with van der Waals surface area (Å²) in [6.45, 7) is 10.6. The molecule has 5 N–H and O–H groups in total. The van der Waals surface area contributed by atoms with E-state index < -0.39 is 15.3 Å². The van der Waals surface area contributed by atoms with Crippen LogP contribution in [0.25, 0.3) is 0 Å². The molecule has 0 aromatic carbocycles. The summed E-state index contributed by atoms with van der Waals surface area (Å²) in [5.74, 6) is 0. The summed E-state index contributed by atoms with van der Waals surface area (Å²) in [4.78, 5) is 24.8. The molecule has 0 aromatic rings. The average molecular weight is 456 g/mol. The second kappa shape index (κ2) is 29.7. The number of rotatable bonds is 0. The van der Waals surface area contributed by atoms with Crippen LogP contribution in [-0.4, -0.2) is 80.7 Å². The monoisotopic (exact) mass is 456 g/mol. The Morgan fingerprint density at radius 1 is 0.393 bits per heavy atom. The molecule has 1 fully saturated rings. The van der Waals surface area contributed by atoms with Crippen molar-refractivity contribution >= 4 is 0 Å². The van der Waals surface area contributed by atoms with Crippen LogP contribution in [0.1, 0.15) is 0 Å². The van der Waals surface area contributed by atoms with Crippen molar-refractivity contribution in [2.45, 2.75) is 0 Å². The molecule has 28 heavy (non-hydrogen) atoms. The third-order valence-electron chi connectivity index (χ3n) is 2.39. The normalized spacial score (nSPS) is 15.4. The van der Waals surface area contributed by atoms with E-state index in [-0.39, 0.29) is 17.1 Å². The summed E-state index contributed by atoms with van der Waals surface area (Å²) < 4.78 is 0.